The summed E-state index contributed by atoms with van der Waals surface area (Å²) in [6, 6.07) is 1.33. The van der Waals surface area contributed by atoms with Crippen molar-refractivity contribution in [2.45, 2.75) is 94.3 Å². The Kier molecular flexibility index (Phi) is 12.4. The van der Waals surface area contributed by atoms with E-state index < -0.39 is 63.5 Å². The molecule has 2 amide bonds. The molecule has 2 aromatic heterocycles. The number of pyridine rings is 1. The van der Waals surface area contributed by atoms with Gasteiger partial charge in [0, 0.05) is 61.8 Å². The van der Waals surface area contributed by atoms with Crippen LogP contribution in [-0.4, -0.2) is 86.3 Å². The molecule has 0 radical (unpaired) electrons. The largest absolute Gasteiger partial charge is 0.492 e. The van der Waals surface area contributed by atoms with E-state index in [1.54, 1.807) is 6.92 Å². The van der Waals surface area contributed by atoms with E-state index in [4.69, 9.17) is 14.6 Å². The zero-order chi connectivity index (χ0) is 39.3. The van der Waals surface area contributed by atoms with E-state index in [1.165, 1.54) is 17.1 Å². The summed E-state index contributed by atoms with van der Waals surface area (Å²) < 4.78 is 95.2. The minimum atomic E-state index is -4.92. The van der Waals surface area contributed by atoms with Crippen molar-refractivity contribution in [3.05, 3.63) is 80.9 Å². The Morgan fingerprint density at radius 1 is 1.04 bits per heavy atom. The van der Waals surface area contributed by atoms with Gasteiger partial charge in [-0.15, -0.1) is 11.3 Å². The van der Waals surface area contributed by atoms with Crippen molar-refractivity contribution in [3.63, 3.8) is 0 Å². The third-order valence-corrected chi connectivity index (χ3v) is 10.7. The lowest BCUT2D eigenvalue weighted by Crippen LogP contribution is -2.69. The van der Waals surface area contributed by atoms with Crippen LogP contribution in [0.15, 0.2) is 64.7 Å². The molecule has 54 heavy (non-hydrogen) atoms. The zero-order valence-electron chi connectivity index (χ0n) is 29.3. The number of hydrogen-bond donors (Lipinski definition) is 2. The summed E-state index contributed by atoms with van der Waals surface area (Å²) in [6.07, 6.45) is -4.39. The van der Waals surface area contributed by atoms with Crippen LogP contribution < -0.4 is 4.74 Å². The molecule has 2 unspecified atom stereocenters. The standard InChI is InChI=1S/C37H39F6N3O7S/c1-2-9-28-35(53-24-22-29(54-23-24)37(41,42)43,14-8-18-46(28)32(49)31-26(36(38,39)40)11-7-17-44-31)33(50)45-19-15-34(51,16-20-45)25-10-3-4-12-27(25)52-21-6-5-13-30(47)48/h7,10-12,17,22-23,28,51H,2,5-6,8-9,13-16,18-21H2,1H3,(H,47,48). The molecule has 2 atom stereocenters. The maximum absolute atomic E-state index is 14.9. The number of unbranched alkanes of at least 4 members (excludes halogenated alkanes) is 1. The Labute approximate surface area is 311 Å². The van der Waals surface area contributed by atoms with Gasteiger partial charge < -0.3 is 29.5 Å². The number of halogens is 6. The molecular formula is C37H39F6N3O7S. The molecule has 292 valence electrons. The Hall–Kier alpha value is -4.56. The highest BCUT2D eigenvalue weighted by molar-refractivity contribution is 7.10. The number of nitrogens with zero attached hydrogens (tertiary/aromatic N) is 3. The van der Waals surface area contributed by atoms with Crippen LogP contribution in [0.2, 0.25) is 0 Å². The monoisotopic (exact) mass is 783 g/mol. The van der Waals surface area contributed by atoms with Gasteiger partial charge in [0.1, 0.15) is 22.1 Å². The summed E-state index contributed by atoms with van der Waals surface area (Å²) in [5.74, 6) is -2.68. The molecule has 0 saturated carbocycles. The van der Waals surface area contributed by atoms with Gasteiger partial charge in [-0.3, -0.25) is 19.4 Å². The second-order valence-corrected chi connectivity index (χ2v) is 14.2. The van der Waals surface area contributed by atoms with Gasteiger partial charge in [-0.05, 0) is 56.7 Å². The number of carbonyl (C=O) groups is 3. The van der Waals surface area contributed by atoms with Crippen LogP contribution >= 0.6 is 11.3 Å². The summed E-state index contributed by atoms with van der Waals surface area (Å²) in [6.45, 7) is 1.74. The predicted octanol–water partition coefficient (Wildman–Crippen LogP) is 7.16. The number of carboxylic acid groups (broad SMARTS) is 1. The van der Waals surface area contributed by atoms with Crippen molar-refractivity contribution in [1.82, 2.24) is 14.8 Å². The number of aliphatic carboxylic acids is 1. The molecule has 0 aromatic carbocycles. The maximum Gasteiger partial charge on any atom is 0.425 e. The van der Waals surface area contributed by atoms with Gasteiger partial charge in [0.05, 0.1) is 23.8 Å². The van der Waals surface area contributed by atoms with Gasteiger partial charge in [-0.25, -0.2) is 0 Å². The minimum Gasteiger partial charge on any atom is -0.492 e. The molecule has 5 rings (SSSR count). The fourth-order valence-electron chi connectivity index (χ4n) is 7.11. The summed E-state index contributed by atoms with van der Waals surface area (Å²) >= 11 is 0.355. The number of ether oxygens (including phenoxy) is 2. The molecule has 2 saturated heterocycles. The molecule has 10 nitrogen and oxygen atoms in total. The van der Waals surface area contributed by atoms with Crippen LogP contribution in [0, 0.1) is 0 Å². The van der Waals surface area contributed by atoms with Crippen molar-refractivity contribution in [3.8, 4) is 5.75 Å². The zero-order valence-corrected chi connectivity index (χ0v) is 30.1. The van der Waals surface area contributed by atoms with Crippen LogP contribution in [-0.2, 0) is 26.7 Å². The highest BCUT2D eigenvalue weighted by Gasteiger charge is 2.57. The van der Waals surface area contributed by atoms with Gasteiger partial charge in [-0.1, -0.05) is 24.8 Å². The number of allylic oxidation sites excluding steroid dienone is 1. The number of rotatable bonds is 13. The lowest BCUT2D eigenvalue weighted by molar-refractivity contribution is -0.162. The van der Waals surface area contributed by atoms with Crippen molar-refractivity contribution >= 4 is 29.1 Å². The fraction of sp³-hybridized carbons (Fsp3) is 0.514. The summed E-state index contributed by atoms with van der Waals surface area (Å²) in [4.78, 5) is 45.0. The SMILES string of the molecule is CCCC1N(C(=O)c2ncccc2C(F)(F)F)CCCC1(Oc1csc(C(F)(F)F)c1)C(=O)N1CCC(O)(C2=C(OCCCCC(=O)O)C=C=C=C2)CC1. The molecule has 0 spiro atoms. The summed E-state index contributed by atoms with van der Waals surface area (Å²) in [7, 11) is 0. The number of thiophene rings is 1. The van der Waals surface area contributed by atoms with E-state index in [0.717, 1.165) is 34.7 Å². The molecule has 17 heteroatoms. The van der Waals surface area contributed by atoms with Gasteiger partial charge in [0.15, 0.2) is 0 Å². The average molecular weight is 784 g/mol. The maximum atomic E-state index is 14.9. The number of aliphatic hydroxyl groups is 1. The van der Waals surface area contributed by atoms with Crippen molar-refractivity contribution < 1.29 is 60.4 Å². The molecular weight excluding hydrogens is 744 g/mol. The lowest BCUT2D eigenvalue weighted by Gasteiger charge is -2.51. The molecule has 3 aliphatic rings. The van der Waals surface area contributed by atoms with Crippen LogP contribution in [0.4, 0.5) is 26.3 Å². The Bertz CT molecular complexity index is 1850. The van der Waals surface area contributed by atoms with Crippen LogP contribution in [0.25, 0.3) is 0 Å². The number of aromatic nitrogens is 1. The first-order valence-corrected chi connectivity index (χ1v) is 18.3. The third kappa shape index (κ3) is 8.86. The Morgan fingerprint density at radius 3 is 2.41 bits per heavy atom. The van der Waals surface area contributed by atoms with Crippen molar-refractivity contribution in [2.24, 2.45) is 0 Å². The van der Waals surface area contributed by atoms with Gasteiger partial charge >= 0.3 is 18.3 Å². The molecule has 2 N–H and O–H groups in total. The molecule has 1 aliphatic carbocycles. The first-order valence-electron chi connectivity index (χ1n) is 17.5. The van der Waals surface area contributed by atoms with E-state index in [2.05, 4.69) is 16.4 Å². The smallest absolute Gasteiger partial charge is 0.425 e. The summed E-state index contributed by atoms with van der Waals surface area (Å²) in [5.41, 5.74) is 0.302. The second-order valence-electron chi connectivity index (χ2n) is 13.3. The number of likely N-dealkylation sites (tertiary alicyclic amines) is 2. The number of amides is 2. The number of piperidine rings is 2. The Balaban J connectivity index is 1.46. The summed E-state index contributed by atoms with van der Waals surface area (Å²) in [5, 5.41) is 21.8. The third-order valence-electron chi connectivity index (χ3n) is 9.71. The predicted molar refractivity (Wildman–Crippen MR) is 182 cm³/mol. The highest BCUT2D eigenvalue weighted by atomic mass is 32.1. The second kappa shape index (κ2) is 16.4. The molecule has 2 aliphatic heterocycles. The van der Waals surface area contributed by atoms with Crippen LogP contribution in [0.1, 0.15) is 85.6 Å². The van der Waals surface area contributed by atoms with Crippen molar-refractivity contribution in [1.29, 1.82) is 0 Å². The van der Waals surface area contributed by atoms with E-state index in [9.17, 15) is 45.8 Å². The molecule has 2 fully saturated rings. The van der Waals surface area contributed by atoms with E-state index in [-0.39, 0.29) is 70.5 Å². The lowest BCUT2D eigenvalue weighted by atomic mass is 9.78. The number of hydrogen-bond acceptors (Lipinski definition) is 8. The van der Waals surface area contributed by atoms with E-state index in [0.29, 0.717) is 41.9 Å². The molecule has 2 aromatic rings. The van der Waals surface area contributed by atoms with Crippen molar-refractivity contribution in [2.75, 3.05) is 26.2 Å². The Morgan fingerprint density at radius 2 is 1.76 bits per heavy atom. The first-order chi connectivity index (χ1) is 25.5. The quantitative estimate of drug-likeness (QED) is 0.124. The molecule has 0 bridgehead atoms. The average Bonchev–Trinajstić information content (AvgIpc) is 3.61. The van der Waals surface area contributed by atoms with E-state index in [1.807, 2.05) is 0 Å². The number of alkyl halides is 6. The number of carbonyl (C=O) groups excluding carboxylic acids is 2. The van der Waals surface area contributed by atoms with E-state index >= 15 is 0 Å². The van der Waals surface area contributed by atoms with Gasteiger partial charge in [-0.2, -0.15) is 26.3 Å². The fourth-order valence-corrected chi connectivity index (χ4v) is 7.78. The van der Waals surface area contributed by atoms with Gasteiger partial charge in [0.2, 0.25) is 5.60 Å². The van der Waals surface area contributed by atoms with Crippen LogP contribution in [0.3, 0.4) is 0 Å². The van der Waals surface area contributed by atoms with Crippen LogP contribution in [0.5, 0.6) is 5.75 Å². The normalized spacial score (nSPS) is 21.4. The number of carboxylic acids is 1. The minimum absolute atomic E-state index is 0.0112. The highest BCUT2D eigenvalue weighted by Crippen LogP contribution is 2.44. The molecule has 4 heterocycles. The van der Waals surface area contributed by atoms with Gasteiger partial charge in [0.25, 0.3) is 11.8 Å². The topological polar surface area (TPSA) is 130 Å². The first kappa shape index (κ1) is 40.6.